The zero-order valence-corrected chi connectivity index (χ0v) is 12.6. The van der Waals surface area contributed by atoms with Gasteiger partial charge in [-0.25, -0.2) is 8.42 Å². The van der Waals surface area contributed by atoms with E-state index in [4.69, 9.17) is 5.11 Å². The Kier molecular flexibility index (Phi) is 3.88. The zero-order chi connectivity index (χ0) is 15.1. The molecule has 1 aliphatic heterocycles. The summed E-state index contributed by atoms with van der Waals surface area (Å²) in [6, 6.07) is 4.66. The molecule has 1 heterocycles. The van der Waals surface area contributed by atoms with E-state index in [1.165, 1.54) is 4.31 Å². The van der Waals surface area contributed by atoms with Crippen LogP contribution < -0.4 is 0 Å². The van der Waals surface area contributed by atoms with Gasteiger partial charge in [-0.2, -0.15) is 4.31 Å². The highest BCUT2D eigenvalue weighted by atomic mass is 32.2. The molecule has 5 nitrogen and oxygen atoms in total. The molecular formula is C14H19NO4S. The number of rotatable bonds is 3. The lowest BCUT2D eigenvalue weighted by Gasteiger charge is -2.23. The smallest absolute Gasteiger partial charge is 0.308 e. The third-order valence-electron chi connectivity index (χ3n) is 3.93. The number of sulfonamides is 1. The summed E-state index contributed by atoms with van der Waals surface area (Å²) in [5, 5.41) is 9.11. The van der Waals surface area contributed by atoms with Crippen LogP contribution >= 0.6 is 0 Å². The van der Waals surface area contributed by atoms with Gasteiger partial charge in [0.1, 0.15) is 0 Å². The molecule has 2 atom stereocenters. The quantitative estimate of drug-likeness (QED) is 0.923. The standard InChI is InChI=1S/C14H19NO4S/c1-9-4-5-13(10(2)8-9)20(18,19)15-7-6-12(11(15)3)14(16)17/h4-5,8,11-12H,6-7H2,1-3H3,(H,16,17). The van der Waals surface area contributed by atoms with Crippen LogP contribution in [0.15, 0.2) is 23.1 Å². The molecule has 0 bridgehead atoms. The molecule has 2 rings (SSSR count). The molecule has 0 amide bonds. The van der Waals surface area contributed by atoms with E-state index in [-0.39, 0.29) is 11.4 Å². The summed E-state index contributed by atoms with van der Waals surface area (Å²) in [4.78, 5) is 11.4. The van der Waals surface area contributed by atoms with Gasteiger partial charge >= 0.3 is 5.97 Å². The van der Waals surface area contributed by atoms with E-state index in [1.807, 2.05) is 13.0 Å². The first kappa shape index (κ1) is 15.0. The lowest BCUT2D eigenvalue weighted by Crippen LogP contribution is -2.37. The van der Waals surface area contributed by atoms with Gasteiger partial charge in [0.25, 0.3) is 0 Å². The van der Waals surface area contributed by atoms with Crippen LogP contribution in [0.4, 0.5) is 0 Å². The highest BCUT2D eigenvalue weighted by Crippen LogP contribution is 2.31. The Hall–Kier alpha value is -1.40. The van der Waals surface area contributed by atoms with E-state index >= 15 is 0 Å². The van der Waals surface area contributed by atoms with Crippen LogP contribution in [-0.2, 0) is 14.8 Å². The fourth-order valence-corrected chi connectivity index (χ4v) is 4.68. The second-order valence-electron chi connectivity index (χ2n) is 5.36. The Labute approximate surface area is 119 Å². The molecule has 0 saturated carbocycles. The van der Waals surface area contributed by atoms with E-state index < -0.39 is 28.0 Å². The molecule has 1 aliphatic rings. The third kappa shape index (κ3) is 2.45. The average molecular weight is 297 g/mol. The van der Waals surface area contributed by atoms with Crippen molar-refractivity contribution >= 4 is 16.0 Å². The van der Waals surface area contributed by atoms with Crippen molar-refractivity contribution in [2.45, 2.75) is 38.1 Å². The number of aryl methyl sites for hydroxylation is 2. The van der Waals surface area contributed by atoms with Crippen molar-refractivity contribution in [1.29, 1.82) is 0 Å². The molecule has 1 fully saturated rings. The molecule has 2 unspecified atom stereocenters. The Morgan fingerprint density at radius 2 is 2.00 bits per heavy atom. The van der Waals surface area contributed by atoms with Gasteiger partial charge in [0.15, 0.2) is 0 Å². The molecule has 0 aromatic heterocycles. The first-order valence-electron chi connectivity index (χ1n) is 6.57. The largest absolute Gasteiger partial charge is 0.481 e. The SMILES string of the molecule is Cc1ccc(S(=O)(=O)N2CCC(C(=O)O)C2C)c(C)c1. The molecule has 0 spiro atoms. The maximum absolute atomic E-state index is 12.7. The number of hydrogen-bond donors (Lipinski definition) is 1. The number of benzene rings is 1. The van der Waals surface area contributed by atoms with Crippen LogP contribution in [0.2, 0.25) is 0 Å². The Bertz CT molecular complexity index is 639. The lowest BCUT2D eigenvalue weighted by molar-refractivity contribution is -0.142. The van der Waals surface area contributed by atoms with Crippen molar-refractivity contribution in [2.75, 3.05) is 6.54 Å². The lowest BCUT2D eigenvalue weighted by atomic mass is 10.0. The van der Waals surface area contributed by atoms with Gasteiger partial charge in [0, 0.05) is 12.6 Å². The second kappa shape index (κ2) is 5.18. The Morgan fingerprint density at radius 1 is 1.35 bits per heavy atom. The van der Waals surface area contributed by atoms with E-state index in [0.29, 0.717) is 12.0 Å². The summed E-state index contributed by atoms with van der Waals surface area (Å²) >= 11 is 0. The normalized spacial score (nSPS) is 23.9. The van der Waals surface area contributed by atoms with E-state index in [9.17, 15) is 13.2 Å². The van der Waals surface area contributed by atoms with Gasteiger partial charge in [-0.15, -0.1) is 0 Å². The number of aliphatic carboxylic acids is 1. The molecule has 1 N–H and O–H groups in total. The highest BCUT2D eigenvalue weighted by Gasteiger charge is 2.42. The van der Waals surface area contributed by atoms with Gasteiger partial charge < -0.3 is 5.11 Å². The summed E-state index contributed by atoms with van der Waals surface area (Å²) in [7, 11) is -3.63. The van der Waals surface area contributed by atoms with Crippen molar-refractivity contribution in [3.8, 4) is 0 Å². The second-order valence-corrected chi connectivity index (χ2v) is 7.22. The maximum Gasteiger partial charge on any atom is 0.308 e. The number of hydrogen-bond acceptors (Lipinski definition) is 3. The maximum atomic E-state index is 12.7. The molecule has 1 saturated heterocycles. The molecule has 20 heavy (non-hydrogen) atoms. The number of carboxylic acid groups (broad SMARTS) is 1. The molecule has 1 aromatic carbocycles. The average Bonchev–Trinajstić information content (AvgIpc) is 2.71. The summed E-state index contributed by atoms with van der Waals surface area (Å²) in [5.41, 5.74) is 1.69. The first-order valence-corrected chi connectivity index (χ1v) is 8.01. The number of carboxylic acids is 1. The molecular weight excluding hydrogens is 278 g/mol. The minimum atomic E-state index is -3.63. The van der Waals surface area contributed by atoms with Gasteiger partial charge in [0.05, 0.1) is 10.8 Å². The monoisotopic (exact) mass is 297 g/mol. The van der Waals surface area contributed by atoms with Crippen LogP contribution in [0.25, 0.3) is 0 Å². The minimum absolute atomic E-state index is 0.258. The van der Waals surface area contributed by atoms with E-state index in [0.717, 1.165) is 5.56 Å². The van der Waals surface area contributed by atoms with Crippen LogP contribution in [-0.4, -0.2) is 36.4 Å². The molecule has 6 heteroatoms. The summed E-state index contributed by atoms with van der Waals surface area (Å²) in [6.45, 7) is 5.58. The van der Waals surface area contributed by atoms with Crippen molar-refractivity contribution in [3.63, 3.8) is 0 Å². The predicted molar refractivity (Wildman–Crippen MR) is 75.0 cm³/mol. The first-order chi connectivity index (χ1) is 9.25. The number of nitrogens with zero attached hydrogens (tertiary/aromatic N) is 1. The van der Waals surface area contributed by atoms with Crippen LogP contribution in [0.3, 0.4) is 0 Å². The predicted octanol–water partition coefficient (Wildman–Crippen LogP) is 1.79. The Balaban J connectivity index is 2.39. The minimum Gasteiger partial charge on any atom is -0.481 e. The van der Waals surface area contributed by atoms with Gasteiger partial charge in [0.2, 0.25) is 10.0 Å². The van der Waals surface area contributed by atoms with Gasteiger partial charge in [-0.1, -0.05) is 17.7 Å². The van der Waals surface area contributed by atoms with Crippen molar-refractivity contribution in [2.24, 2.45) is 5.92 Å². The summed E-state index contributed by atoms with van der Waals surface area (Å²) in [5.74, 6) is -1.56. The van der Waals surface area contributed by atoms with Crippen molar-refractivity contribution < 1.29 is 18.3 Å². The topological polar surface area (TPSA) is 74.7 Å². The summed E-state index contributed by atoms with van der Waals surface area (Å²) in [6.07, 6.45) is 0.362. The van der Waals surface area contributed by atoms with Crippen molar-refractivity contribution in [1.82, 2.24) is 4.31 Å². The molecule has 1 aromatic rings. The molecule has 110 valence electrons. The van der Waals surface area contributed by atoms with Crippen molar-refractivity contribution in [3.05, 3.63) is 29.3 Å². The molecule has 0 radical (unpaired) electrons. The zero-order valence-electron chi connectivity index (χ0n) is 11.8. The van der Waals surface area contributed by atoms with E-state index in [2.05, 4.69) is 0 Å². The number of carbonyl (C=O) groups is 1. The Morgan fingerprint density at radius 3 is 2.50 bits per heavy atom. The van der Waals surface area contributed by atoms with Crippen LogP contribution in [0.5, 0.6) is 0 Å². The highest BCUT2D eigenvalue weighted by molar-refractivity contribution is 7.89. The fraction of sp³-hybridized carbons (Fsp3) is 0.500. The van der Waals surface area contributed by atoms with Gasteiger partial charge in [-0.05, 0) is 38.8 Å². The van der Waals surface area contributed by atoms with E-state index in [1.54, 1.807) is 26.0 Å². The fourth-order valence-electron chi connectivity index (χ4n) is 2.80. The van der Waals surface area contributed by atoms with Crippen LogP contribution in [0.1, 0.15) is 24.5 Å². The third-order valence-corrected chi connectivity index (χ3v) is 6.08. The summed E-state index contributed by atoms with van der Waals surface area (Å²) < 4.78 is 26.7. The van der Waals surface area contributed by atoms with Gasteiger partial charge in [-0.3, -0.25) is 4.79 Å². The van der Waals surface area contributed by atoms with Crippen LogP contribution in [0, 0.1) is 19.8 Å². The molecule has 0 aliphatic carbocycles.